The highest BCUT2D eigenvalue weighted by atomic mass is 16.2. The first-order valence-electron chi connectivity index (χ1n) is 6.47. The minimum atomic E-state index is -0.217. The lowest BCUT2D eigenvalue weighted by Crippen LogP contribution is -2.43. The van der Waals surface area contributed by atoms with Gasteiger partial charge >= 0.3 is 0 Å². The van der Waals surface area contributed by atoms with Gasteiger partial charge in [-0.05, 0) is 0 Å². The summed E-state index contributed by atoms with van der Waals surface area (Å²) in [6.45, 7) is 2.23. The molecule has 106 valence electrons. The summed E-state index contributed by atoms with van der Waals surface area (Å²) in [5.74, 6) is 0.611. The molecule has 1 fully saturated rings. The van der Waals surface area contributed by atoms with Gasteiger partial charge in [0, 0.05) is 33.1 Å². The van der Waals surface area contributed by atoms with Crippen LogP contribution in [0.1, 0.15) is 22.4 Å². The van der Waals surface area contributed by atoms with Gasteiger partial charge in [-0.15, -0.1) is 15.3 Å². The van der Waals surface area contributed by atoms with Crippen LogP contribution in [-0.2, 0) is 13.5 Å². The predicted molar refractivity (Wildman–Crippen MR) is 69.0 cm³/mol. The van der Waals surface area contributed by atoms with Crippen molar-refractivity contribution in [2.75, 3.05) is 19.6 Å². The lowest BCUT2D eigenvalue weighted by molar-refractivity contribution is 0.0949. The smallest absolute Gasteiger partial charge is 0.273 e. The molecule has 20 heavy (non-hydrogen) atoms. The molecule has 0 aromatic carbocycles. The number of nitrogens with one attached hydrogen (secondary N) is 2. The van der Waals surface area contributed by atoms with Crippen LogP contribution in [0.25, 0.3) is 0 Å². The molecule has 3 heterocycles. The van der Waals surface area contributed by atoms with Crippen molar-refractivity contribution in [1.29, 1.82) is 0 Å². The summed E-state index contributed by atoms with van der Waals surface area (Å²) in [7, 11) is 1.87. The molecule has 9 heteroatoms. The molecule has 1 amide bonds. The summed E-state index contributed by atoms with van der Waals surface area (Å²) in [6, 6.07) is 0.308. The van der Waals surface area contributed by atoms with Crippen molar-refractivity contribution in [1.82, 2.24) is 40.4 Å². The van der Waals surface area contributed by atoms with Crippen molar-refractivity contribution in [2.24, 2.45) is 7.05 Å². The van der Waals surface area contributed by atoms with E-state index in [1.807, 2.05) is 11.6 Å². The number of hydrogen-bond donors (Lipinski definition) is 2. The van der Waals surface area contributed by atoms with Crippen LogP contribution in [0.3, 0.4) is 0 Å². The third-order valence-electron chi connectivity index (χ3n) is 3.32. The minimum absolute atomic E-state index is 0.217. The van der Waals surface area contributed by atoms with Gasteiger partial charge in [0.2, 0.25) is 0 Å². The summed E-state index contributed by atoms with van der Waals surface area (Å²) in [6.07, 6.45) is 3.95. The highest BCUT2D eigenvalue weighted by Crippen LogP contribution is 2.09. The Morgan fingerprint density at radius 2 is 2.35 bits per heavy atom. The predicted octanol–water partition coefficient (Wildman–Crippen LogP) is -1.48. The zero-order valence-electron chi connectivity index (χ0n) is 11.2. The molecule has 1 aliphatic heterocycles. The molecule has 0 unspecified atom stereocenters. The van der Waals surface area contributed by atoms with E-state index in [1.54, 1.807) is 17.2 Å². The van der Waals surface area contributed by atoms with Crippen molar-refractivity contribution >= 4 is 5.91 Å². The Labute approximate surface area is 115 Å². The van der Waals surface area contributed by atoms with Crippen LogP contribution >= 0.6 is 0 Å². The maximum atomic E-state index is 11.9. The number of carbonyl (C=O) groups is 1. The summed E-state index contributed by atoms with van der Waals surface area (Å²) < 4.78 is 3.56. The second kappa shape index (κ2) is 5.37. The molecular formula is C11H16N8O. The van der Waals surface area contributed by atoms with Gasteiger partial charge < -0.3 is 15.2 Å². The van der Waals surface area contributed by atoms with Crippen LogP contribution in [0.2, 0.25) is 0 Å². The SMILES string of the molecule is Cn1cnnc1CCNC(=O)c1cn(C2CNC2)nn1. The molecule has 2 N–H and O–H groups in total. The van der Waals surface area contributed by atoms with Crippen molar-refractivity contribution in [3.63, 3.8) is 0 Å². The van der Waals surface area contributed by atoms with E-state index in [0.29, 0.717) is 24.7 Å². The average molecular weight is 276 g/mol. The summed E-state index contributed by atoms with van der Waals surface area (Å²) in [4.78, 5) is 11.9. The number of hydrogen-bond acceptors (Lipinski definition) is 6. The van der Waals surface area contributed by atoms with Crippen molar-refractivity contribution < 1.29 is 4.79 Å². The molecule has 0 bridgehead atoms. The van der Waals surface area contributed by atoms with Crippen LogP contribution in [0.15, 0.2) is 12.5 Å². The standard InChI is InChI=1S/C11H16N8O/c1-18-7-14-16-10(18)2-3-13-11(20)9-6-19(17-15-9)8-4-12-5-8/h6-8,12H,2-5H2,1H3,(H,13,20). The van der Waals surface area contributed by atoms with E-state index in [-0.39, 0.29) is 5.91 Å². The van der Waals surface area contributed by atoms with Crippen LogP contribution in [0.4, 0.5) is 0 Å². The number of aromatic nitrogens is 6. The van der Waals surface area contributed by atoms with Gasteiger partial charge in [0.25, 0.3) is 5.91 Å². The molecular weight excluding hydrogens is 260 g/mol. The molecule has 0 saturated carbocycles. The van der Waals surface area contributed by atoms with E-state index in [4.69, 9.17) is 0 Å². The molecule has 1 aliphatic rings. The molecule has 0 radical (unpaired) electrons. The third-order valence-corrected chi connectivity index (χ3v) is 3.32. The van der Waals surface area contributed by atoms with Gasteiger partial charge in [-0.3, -0.25) is 4.79 Å². The van der Waals surface area contributed by atoms with Gasteiger partial charge in [-0.25, -0.2) is 4.68 Å². The normalized spacial score (nSPS) is 15.1. The Balaban J connectivity index is 1.51. The molecule has 0 spiro atoms. The average Bonchev–Trinajstić information content (AvgIpc) is 2.97. The van der Waals surface area contributed by atoms with E-state index in [0.717, 1.165) is 18.9 Å². The van der Waals surface area contributed by atoms with Crippen LogP contribution in [-0.4, -0.2) is 55.3 Å². The van der Waals surface area contributed by atoms with E-state index >= 15 is 0 Å². The van der Waals surface area contributed by atoms with Crippen LogP contribution < -0.4 is 10.6 Å². The Bertz CT molecular complexity index is 599. The molecule has 9 nitrogen and oxygen atoms in total. The second-order valence-corrected chi connectivity index (χ2v) is 4.76. The largest absolute Gasteiger partial charge is 0.350 e. The fourth-order valence-corrected chi connectivity index (χ4v) is 1.93. The van der Waals surface area contributed by atoms with Gasteiger partial charge in [-0.1, -0.05) is 5.21 Å². The molecule has 2 aromatic heterocycles. The minimum Gasteiger partial charge on any atom is -0.350 e. The lowest BCUT2D eigenvalue weighted by atomic mass is 10.2. The van der Waals surface area contributed by atoms with Gasteiger partial charge in [0.15, 0.2) is 5.69 Å². The van der Waals surface area contributed by atoms with Crippen molar-refractivity contribution in [3.8, 4) is 0 Å². The van der Waals surface area contributed by atoms with E-state index in [9.17, 15) is 4.79 Å². The highest BCUT2D eigenvalue weighted by Gasteiger charge is 2.21. The number of nitrogens with zero attached hydrogens (tertiary/aromatic N) is 6. The zero-order chi connectivity index (χ0) is 13.9. The molecule has 3 rings (SSSR count). The molecule has 1 saturated heterocycles. The number of carbonyl (C=O) groups excluding carboxylic acids is 1. The summed E-state index contributed by atoms with van der Waals surface area (Å²) >= 11 is 0. The number of amides is 1. The maximum Gasteiger partial charge on any atom is 0.273 e. The van der Waals surface area contributed by atoms with Gasteiger partial charge in [0.1, 0.15) is 12.2 Å². The summed E-state index contributed by atoms with van der Waals surface area (Å²) in [5, 5.41) is 21.6. The fraction of sp³-hybridized carbons (Fsp3) is 0.545. The maximum absolute atomic E-state index is 11.9. The zero-order valence-corrected chi connectivity index (χ0v) is 11.2. The second-order valence-electron chi connectivity index (χ2n) is 4.76. The highest BCUT2D eigenvalue weighted by molar-refractivity contribution is 5.91. The van der Waals surface area contributed by atoms with Crippen LogP contribution in [0, 0.1) is 0 Å². The van der Waals surface area contributed by atoms with E-state index in [2.05, 4.69) is 31.1 Å². The van der Waals surface area contributed by atoms with Gasteiger partial charge in [0.05, 0.1) is 12.2 Å². The van der Waals surface area contributed by atoms with Crippen molar-refractivity contribution in [3.05, 3.63) is 24.0 Å². The Kier molecular flexibility index (Phi) is 3.42. The van der Waals surface area contributed by atoms with E-state index < -0.39 is 0 Å². The monoisotopic (exact) mass is 276 g/mol. The van der Waals surface area contributed by atoms with Crippen molar-refractivity contribution in [2.45, 2.75) is 12.5 Å². The molecule has 2 aromatic rings. The molecule has 0 aliphatic carbocycles. The summed E-state index contributed by atoms with van der Waals surface area (Å²) in [5.41, 5.74) is 0.342. The first kappa shape index (κ1) is 12.7. The topological polar surface area (TPSA) is 103 Å². The van der Waals surface area contributed by atoms with E-state index in [1.165, 1.54) is 0 Å². The first-order chi connectivity index (χ1) is 9.74. The Morgan fingerprint density at radius 3 is 3.00 bits per heavy atom. The number of rotatable bonds is 5. The fourth-order valence-electron chi connectivity index (χ4n) is 1.93. The lowest BCUT2D eigenvalue weighted by Gasteiger charge is -2.26. The van der Waals surface area contributed by atoms with Gasteiger partial charge in [-0.2, -0.15) is 0 Å². The first-order valence-corrected chi connectivity index (χ1v) is 6.47. The van der Waals surface area contributed by atoms with Crippen LogP contribution in [0.5, 0.6) is 0 Å². The number of aryl methyl sites for hydroxylation is 1. The third kappa shape index (κ3) is 2.52. The Hall–Kier alpha value is -2.29. The quantitative estimate of drug-likeness (QED) is 0.690. The Morgan fingerprint density at radius 1 is 1.50 bits per heavy atom. The molecule has 0 atom stereocenters.